The van der Waals surface area contributed by atoms with Crippen molar-refractivity contribution in [1.82, 2.24) is 9.80 Å². The zero-order valence-corrected chi connectivity index (χ0v) is 15.5. The molecule has 1 heterocycles. The second kappa shape index (κ2) is 8.46. The number of carbonyl (C=O) groups excluding carboxylic acids is 3. The van der Waals surface area contributed by atoms with Crippen LogP contribution in [0.3, 0.4) is 0 Å². The van der Waals surface area contributed by atoms with Gasteiger partial charge in [-0.05, 0) is 19.8 Å². The van der Waals surface area contributed by atoms with Crippen LogP contribution in [0.25, 0.3) is 0 Å². The van der Waals surface area contributed by atoms with E-state index in [0.29, 0.717) is 32.7 Å². The lowest BCUT2D eigenvalue weighted by molar-refractivity contribution is -0.148. The van der Waals surface area contributed by atoms with E-state index in [0.717, 1.165) is 6.42 Å². The first-order valence-corrected chi connectivity index (χ1v) is 8.47. The van der Waals surface area contributed by atoms with E-state index in [1.54, 1.807) is 18.9 Å². The third kappa shape index (κ3) is 5.19. The van der Waals surface area contributed by atoms with Gasteiger partial charge in [0.15, 0.2) is 0 Å². The monoisotopic (exact) mass is 341 g/mol. The average Bonchev–Trinajstić information content (AvgIpc) is 2.53. The Balaban J connectivity index is 2.85. The maximum atomic E-state index is 12.9. The highest BCUT2D eigenvalue weighted by molar-refractivity contribution is 5.88. The van der Waals surface area contributed by atoms with E-state index >= 15 is 0 Å². The number of rotatable bonds is 6. The lowest BCUT2D eigenvalue weighted by Crippen LogP contribution is -2.53. The third-order valence-corrected chi connectivity index (χ3v) is 4.40. The lowest BCUT2D eigenvalue weighted by Gasteiger charge is -2.38. The predicted octanol–water partition coefficient (Wildman–Crippen LogP) is 0.620. The first-order chi connectivity index (χ1) is 11.1. The molecule has 0 radical (unpaired) electrons. The number of piperidine rings is 1. The summed E-state index contributed by atoms with van der Waals surface area (Å²) in [4.78, 5) is 40.1. The van der Waals surface area contributed by atoms with Crippen molar-refractivity contribution in [3.63, 3.8) is 0 Å². The van der Waals surface area contributed by atoms with Crippen LogP contribution < -0.4 is 5.73 Å². The molecule has 1 aliphatic heterocycles. The van der Waals surface area contributed by atoms with Gasteiger partial charge >= 0.3 is 0 Å². The van der Waals surface area contributed by atoms with Crippen molar-refractivity contribution < 1.29 is 19.1 Å². The lowest BCUT2D eigenvalue weighted by atomic mass is 9.90. The van der Waals surface area contributed by atoms with Gasteiger partial charge in [0.25, 0.3) is 0 Å². The first kappa shape index (κ1) is 20.4. The fraction of sp³-hybridized carbons (Fsp3) is 0.824. The minimum absolute atomic E-state index is 0.0476. The standard InChI is InChI=1S/C17H31N3O4/c1-12(14(18)21)20(9-10-24-5)15(22)13-7-6-8-19(11-13)16(23)17(2,3)4/h12-13H,6-11H2,1-5H3,(H2,18,21). The van der Waals surface area contributed by atoms with Crippen molar-refractivity contribution in [3.8, 4) is 0 Å². The number of amides is 3. The minimum Gasteiger partial charge on any atom is -0.383 e. The van der Waals surface area contributed by atoms with Crippen LogP contribution in [0.1, 0.15) is 40.5 Å². The minimum atomic E-state index is -0.693. The number of nitrogens with two attached hydrogens (primary N) is 1. The third-order valence-electron chi connectivity index (χ3n) is 4.40. The molecule has 0 aromatic heterocycles. The summed E-state index contributed by atoms with van der Waals surface area (Å²) in [6.07, 6.45) is 1.49. The molecule has 2 unspecified atom stereocenters. The summed E-state index contributed by atoms with van der Waals surface area (Å²) in [7, 11) is 1.54. The SMILES string of the molecule is COCCN(C(=O)C1CCCN(C(=O)C(C)(C)C)C1)C(C)C(N)=O. The van der Waals surface area contributed by atoms with Gasteiger partial charge in [0.2, 0.25) is 17.7 Å². The molecular formula is C17H31N3O4. The Morgan fingerprint density at radius 1 is 1.33 bits per heavy atom. The van der Waals surface area contributed by atoms with Gasteiger partial charge in [0.05, 0.1) is 12.5 Å². The van der Waals surface area contributed by atoms with Gasteiger partial charge in [-0.1, -0.05) is 20.8 Å². The van der Waals surface area contributed by atoms with Gasteiger partial charge in [-0.15, -0.1) is 0 Å². The first-order valence-electron chi connectivity index (χ1n) is 8.47. The summed E-state index contributed by atoms with van der Waals surface area (Å²) in [5.74, 6) is -0.933. The molecule has 7 heteroatoms. The van der Waals surface area contributed by atoms with Crippen LogP contribution in [0.5, 0.6) is 0 Å². The van der Waals surface area contributed by atoms with E-state index in [9.17, 15) is 14.4 Å². The predicted molar refractivity (Wildman–Crippen MR) is 91.0 cm³/mol. The van der Waals surface area contributed by atoms with Crippen molar-refractivity contribution in [2.24, 2.45) is 17.1 Å². The fourth-order valence-electron chi connectivity index (χ4n) is 2.91. The highest BCUT2D eigenvalue weighted by Gasteiger charge is 2.36. The van der Waals surface area contributed by atoms with Gasteiger partial charge in [-0.3, -0.25) is 14.4 Å². The number of hydrogen-bond donors (Lipinski definition) is 1. The van der Waals surface area contributed by atoms with Crippen LogP contribution in [0.15, 0.2) is 0 Å². The maximum Gasteiger partial charge on any atom is 0.239 e. The second-order valence-corrected chi connectivity index (χ2v) is 7.44. The molecule has 138 valence electrons. The number of primary amides is 1. The van der Waals surface area contributed by atoms with Crippen LogP contribution in [0.4, 0.5) is 0 Å². The second-order valence-electron chi connectivity index (χ2n) is 7.44. The Morgan fingerprint density at radius 2 is 1.96 bits per heavy atom. The van der Waals surface area contributed by atoms with Crippen LogP contribution in [-0.2, 0) is 19.1 Å². The summed E-state index contributed by atoms with van der Waals surface area (Å²) < 4.78 is 5.03. The number of ether oxygens (including phenoxy) is 1. The van der Waals surface area contributed by atoms with E-state index in [1.165, 1.54) is 4.90 Å². The molecule has 0 spiro atoms. The largest absolute Gasteiger partial charge is 0.383 e. The summed E-state index contributed by atoms with van der Waals surface area (Å²) >= 11 is 0. The Hall–Kier alpha value is -1.63. The van der Waals surface area contributed by atoms with Gasteiger partial charge in [0.1, 0.15) is 6.04 Å². The van der Waals surface area contributed by atoms with Crippen LogP contribution in [0.2, 0.25) is 0 Å². The topological polar surface area (TPSA) is 92.9 Å². The Morgan fingerprint density at radius 3 is 2.46 bits per heavy atom. The van der Waals surface area contributed by atoms with E-state index in [-0.39, 0.29) is 17.7 Å². The van der Waals surface area contributed by atoms with Gasteiger partial charge in [0, 0.05) is 32.2 Å². The quantitative estimate of drug-likeness (QED) is 0.766. The number of methoxy groups -OCH3 is 1. The summed E-state index contributed by atoms with van der Waals surface area (Å²) in [6, 6.07) is -0.693. The number of likely N-dealkylation sites (tertiary alicyclic amines) is 1. The molecule has 0 aliphatic carbocycles. The van der Waals surface area contributed by atoms with E-state index < -0.39 is 17.4 Å². The van der Waals surface area contributed by atoms with Gasteiger partial charge < -0.3 is 20.3 Å². The highest BCUT2D eigenvalue weighted by Crippen LogP contribution is 2.25. The molecule has 3 amide bonds. The molecule has 0 bridgehead atoms. The molecule has 0 saturated carbocycles. The van der Waals surface area contributed by atoms with Crippen molar-refractivity contribution in [3.05, 3.63) is 0 Å². The van der Waals surface area contributed by atoms with Crippen molar-refractivity contribution in [2.75, 3.05) is 33.4 Å². The molecule has 0 aromatic rings. The number of carbonyl (C=O) groups is 3. The fourth-order valence-corrected chi connectivity index (χ4v) is 2.91. The van der Waals surface area contributed by atoms with Gasteiger partial charge in [-0.25, -0.2) is 0 Å². The maximum absolute atomic E-state index is 12.9. The van der Waals surface area contributed by atoms with Crippen molar-refractivity contribution in [1.29, 1.82) is 0 Å². The van der Waals surface area contributed by atoms with E-state index in [1.807, 2.05) is 20.8 Å². The molecule has 1 rings (SSSR count). The average molecular weight is 341 g/mol. The molecule has 24 heavy (non-hydrogen) atoms. The number of hydrogen-bond acceptors (Lipinski definition) is 4. The molecule has 2 N–H and O–H groups in total. The van der Waals surface area contributed by atoms with Crippen LogP contribution in [-0.4, -0.2) is 66.9 Å². The summed E-state index contributed by atoms with van der Waals surface area (Å²) in [6.45, 7) is 8.95. The number of nitrogens with zero attached hydrogens (tertiary/aromatic N) is 2. The van der Waals surface area contributed by atoms with Crippen LogP contribution in [0, 0.1) is 11.3 Å². The van der Waals surface area contributed by atoms with E-state index in [4.69, 9.17) is 10.5 Å². The molecular weight excluding hydrogens is 310 g/mol. The molecule has 2 atom stereocenters. The van der Waals surface area contributed by atoms with E-state index in [2.05, 4.69) is 0 Å². The molecule has 1 fully saturated rings. The Kier molecular flexibility index (Phi) is 7.20. The van der Waals surface area contributed by atoms with Gasteiger partial charge in [-0.2, -0.15) is 0 Å². The molecule has 0 aromatic carbocycles. The zero-order valence-electron chi connectivity index (χ0n) is 15.5. The normalized spacial score (nSPS) is 19.7. The van der Waals surface area contributed by atoms with Crippen LogP contribution >= 0.6 is 0 Å². The Bertz CT molecular complexity index is 473. The smallest absolute Gasteiger partial charge is 0.239 e. The summed E-state index contributed by atoms with van der Waals surface area (Å²) in [5, 5.41) is 0. The summed E-state index contributed by atoms with van der Waals surface area (Å²) in [5.41, 5.74) is 4.90. The van der Waals surface area contributed by atoms with Crippen molar-refractivity contribution >= 4 is 17.7 Å². The molecule has 1 aliphatic rings. The zero-order chi connectivity index (χ0) is 18.5. The van der Waals surface area contributed by atoms with Crippen molar-refractivity contribution in [2.45, 2.75) is 46.6 Å². The molecule has 7 nitrogen and oxygen atoms in total. The molecule has 1 saturated heterocycles. The Labute approximate surface area is 144 Å². The highest BCUT2D eigenvalue weighted by atomic mass is 16.5.